The fourth-order valence-corrected chi connectivity index (χ4v) is 2.28. The molecule has 0 aliphatic carbocycles. The maximum absolute atomic E-state index is 13.9. The molecular weight excluding hydrogens is 291 g/mol. The molecule has 2 aromatic rings. The normalized spacial score (nSPS) is 12.0. The summed E-state index contributed by atoms with van der Waals surface area (Å²) in [5.41, 5.74) is 1.39. The molecule has 0 saturated heterocycles. The number of hydrogen-bond acceptors (Lipinski definition) is 4. The van der Waals surface area contributed by atoms with Crippen LogP contribution in [0.15, 0.2) is 18.2 Å². The number of aryl methyl sites for hydroxylation is 1. The number of alkyl halides is 1. The van der Waals surface area contributed by atoms with Gasteiger partial charge in [0.1, 0.15) is 6.17 Å². The fourth-order valence-electron chi connectivity index (χ4n) is 2.28. The zero-order valence-corrected chi connectivity index (χ0v) is 12.8. The lowest BCUT2D eigenvalue weighted by atomic mass is 10.0. The van der Waals surface area contributed by atoms with Crippen molar-refractivity contribution >= 4 is 5.97 Å². The molecule has 0 radical (unpaired) electrons. The van der Waals surface area contributed by atoms with Gasteiger partial charge >= 0.3 is 5.97 Å². The molecular formula is C15H17FN2O4. The van der Waals surface area contributed by atoms with Crippen LogP contribution in [-0.2, 0) is 7.05 Å². The quantitative estimate of drug-likeness (QED) is 0.919. The van der Waals surface area contributed by atoms with Crippen LogP contribution in [0.25, 0.3) is 11.3 Å². The van der Waals surface area contributed by atoms with Crippen molar-refractivity contribution in [2.75, 3.05) is 14.2 Å². The van der Waals surface area contributed by atoms with Crippen molar-refractivity contribution in [1.82, 2.24) is 9.78 Å². The Hall–Kier alpha value is -2.57. The molecule has 0 aliphatic rings. The van der Waals surface area contributed by atoms with E-state index in [1.54, 1.807) is 19.2 Å². The summed E-state index contributed by atoms with van der Waals surface area (Å²) in [6.07, 6.45) is -1.27. The fraction of sp³-hybridized carbons (Fsp3) is 0.333. The Morgan fingerprint density at radius 2 is 2.00 bits per heavy atom. The molecule has 1 unspecified atom stereocenters. The van der Waals surface area contributed by atoms with Crippen LogP contribution < -0.4 is 9.47 Å². The predicted octanol–water partition coefficient (Wildman–Crippen LogP) is 2.83. The minimum absolute atomic E-state index is 0.0814. The van der Waals surface area contributed by atoms with Crippen molar-refractivity contribution in [3.05, 3.63) is 29.5 Å². The molecule has 1 atom stereocenters. The van der Waals surface area contributed by atoms with E-state index in [0.717, 1.165) is 0 Å². The van der Waals surface area contributed by atoms with Gasteiger partial charge in [-0.1, -0.05) is 0 Å². The van der Waals surface area contributed by atoms with Gasteiger partial charge in [0.05, 0.1) is 19.9 Å². The molecule has 0 saturated carbocycles. The second kappa shape index (κ2) is 6.05. The number of carboxylic acid groups (broad SMARTS) is 1. The molecule has 1 aromatic carbocycles. The maximum Gasteiger partial charge on any atom is 0.356 e. The van der Waals surface area contributed by atoms with E-state index in [1.165, 1.54) is 31.9 Å². The Labute approximate surface area is 127 Å². The highest BCUT2D eigenvalue weighted by molar-refractivity contribution is 5.87. The first-order chi connectivity index (χ1) is 10.4. The molecule has 0 amide bonds. The zero-order valence-electron chi connectivity index (χ0n) is 12.8. The highest BCUT2D eigenvalue weighted by Crippen LogP contribution is 2.40. The summed E-state index contributed by atoms with van der Waals surface area (Å²) in [6.45, 7) is 1.40. The average molecular weight is 308 g/mol. The van der Waals surface area contributed by atoms with Crippen LogP contribution in [0.3, 0.4) is 0 Å². The van der Waals surface area contributed by atoms with Crippen LogP contribution >= 0.6 is 0 Å². The smallest absolute Gasteiger partial charge is 0.356 e. The van der Waals surface area contributed by atoms with Gasteiger partial charge in [-0.15, -0.1) is 0 Å². The van der Waals surface area contributed by atoms with Crippen LogP contribution in [0.2, 0.25) is 0 Å². The average Bonchev–Trinajstić information content (AvgIpc) is 2.87. The number of halogens is 1. The van der Waals surface area contributed by atoms with Gasteiger partial charge in [-0.2, -0.15) is 5.10 Å². The molecule has 7 heteroatoms. The van der Waals surface area contributed by atoms with E-state index < -0.39 is 12.1 Å². The summed E-state index contributed by atoms with van der Waals surface area (Å²) in [6, 6.07) is 4.69. The van der Waals surface area contributed by atoms with Crippen molar-refractivity contribution in [2.45, 2.75) is 13.1 Å². The Bertz CT molecular complexity index is 710. The number of benzene rings is 1. The molecule has 22 heavy (non-hydrogen) atoms. The second-order valence-corrected chi connectivity index (χ2v) is 4.76. The SMILES string of the molecule is COc1cc(-c2cc(C(=O)O)nn2C)cc(C(C)F)c1OC. The standard InChI is InChI=1S/C15H17FN2O4/c1-8(16)10-5-9(6-13(21-3)14(10)22-4)12-7-11(15(19)20)17-18(12)2/h5-8H,1-4H3,(H,19,20). The summed E-state index contributed by atoms with van der Waals surface area (Å²) in [5.74, 6) is -0.430. The Kier molecular flexibility index (Phi) is 4.35. The monoisotopic (exact) mass is 308 g/mol. The predicted molar refractivity (Wildman–Crippen MR) is 78.2 cm³/mol. The largest absolute Gasteiger partial charge is 0.493 e. The number of nitrogens with zero attached hydrogens (tertiary/aromatic N) is 2. The van der Waals surface area contributed by atoms with Crippen molar-refractivity contribution in [3.8, 4) is 22.8 Å². The van der Waals surface area contributed by atoms with Gasteiger partial charge in [0.15, 0.2) is 17.2 Å². The highest BCUT2D eigenvalue weighted by atomic mass is 19.1. The molecule has 1 N–H and O–H groups in total. The van der Waals surface area contributed by atoms with E-state index >= 15 is 0 Å². The molecule has 0 spiro atoms. The molecule has 1 aromatic heterocycles. The van der Waals surface area contributed by atoms with E-state index in [4.69, 9.17) is 14.6 Å². The van der Waals surface area contributed by atoms with Crippen LogP contribution in [0.5, 0.6) is 11.5 Å². The molecule has 118 valence electrons. The summed E-state index contributed by atoms with van der Waals surface area (Å²) >= 11 is 0. The number of carboxylic acids is 1. The van der Waals surface area contributed by atoms with E-state index in [2.05, 4.69) is 5.10 Å². The van der Waals surface area contributed by atoms with Gasteiger partial charge in [-0.05, 0) is 25.1 Å². The Morgan fingerprint density at radius 3 is 2.45 bits per heavy atom. The van der Waals surface area contributed by atoms with Crippen molar-refractivity contribution in [1.29, 1.82) is 0 Å². The number of ether oxygens (including phenoxy) is 2. The molecule has 6 nitrogen and oxygen atoms in total. The first-order valence-corrected chi connectivity index (χ1v) is 6.56. The summed E-state index contributed by atoms with van der Waals surface area (Å²) in [7, 11) is 4.52. The number of carbonyl (C=O) groups is 1. The maximum atomic E-state index is 13.9. The topological polar surface area (TPSA) is 73.6 Å². The van der Waals surface area contributed by atoms with Crippen molar-refractivity contribution < 1.29 is 23.8 Å². The third-order valence-electron chi connectivity index (χ3n) is 3.33. The Balaban J connectivity index is 2.66. The second-order valence-electron chi connectivity index (χ2n) is 4.76. The minimum atomic E-state index is -1.27. The number of aromatic carboxylic acids is 1. The first-order valence-electron chi connectivity index (χ1n) is 6.56. The van der Waals surface area contributed by atoms with E-state index in [-0.39, 0.29) is 5.69 Å². The van der Waals surface area contributed by atoms with Gasteiger partial charge in [0.25, 0.3) is 0 Å². The van der Waals surface area contributed by atoms with Crippen LogP contribution in [0.4, 0.5) is 4.39 Å². The molecule has 0 fully saturated rings. The van der Waals surface area contributed by atoms with Crippen molar-refractivity contribution in [2.24, 2.45) is 7.05 Å². The van der Waals surface area contributed by atoms with Gasteiger partial charge in [0.2, 0.25) is 0 Å². The third kappa shape index (κ3) is 2.74. The molecule has 2 rings (SSSR count). The Morgan fingerprint density at radius 1 is 1.32 bits per heavy atom. The molecule has 0 aliphatic heterocycles. The lowest BCUT2D eigenvalue weighted by Gasteiger charge is -2.16. The molecule has 0 bridgehead atoms. The van der Waals surface area contributed by atoms with Crippen molar-refractivity contribution in [3.63, 3.8) is 0 Å². The van der Waals surface area contributed by atoms with E-state index in [1.807, 2.05) is 0 Å². The molecule has 1 heterocycles. The van der Waals surface area contributed by atoms with E-state index in [9.17, 15) is 9.18 Å². The van der Waals surface area contributed by atoms with Gasteiger partial charge in [-0.3, -0.25) is 4.68 Å². The number of aromatic nitrogens is 2. The lowest BCUT2D eigenvalue weighted by Crippen LogP contribution is -2.01. The summed E-state index contributed by atoms with van der Waals surface area (Å²) < 4.78 is 25.8. The zero-order chi connectivity index (χ0) is 16.4. The van der Waals surface area contributed by atoms with Gasteiger partial charge < -0.3 is 14.6 Å². The lowest BCUT2D eigenvalue weighted by molar-refractivity contribution is 0.0689. The van der Waals surface area contributed by atoms with Gasteiger partial charge in [-0.25, -0.2) is 9.18 Å². The summed E-state index contributed by atoms with van der Waals surface area (Å²) in [4.78, 5) is 11.0. The highest BCUT2D eigenvalue weighted by Gasteiger charge is 2.20. The summed E-state index contributed by atoms with van der Waals surface area (Å²) in [5, 5.41) is 12.9. The van der Waals surface area contributed by atoms with E-state index in [0.29, 0.717) is 28.3 Å². The van der Waals surface area contributed by atoms with Crippen LogP contribution in [0, 0.1) is 0 Å². The first kappa shape index (κ1) is 15.8. The number of methoxy groups -OCH3 is 2. The number of rotatable bonds is 5. The number of hydrogen-bond donors (Lipinski definition) is 1. The van der Waals surface area contributed by atoms with Crippen LogP contribution in [0.1, 0.15) is 29.1 Å². The third-order valence-corrected chi connectivity index (χ3v) is 3.33. The van der Waals surface area contributed by atoms with Gasteiger partial charge in [0, 0.05) is 18.2 Å². The minimum Gasteiger partial charge on any atom is -0.493 e. The van der Waals surface area contributed by atoms with Crippen LogP contribution in [-0.4, -0.2) is 35.1 Å².